The summed E-state index contributed by atoms with van der Waals surface area (Å²) in [6.45, 7) is 6.50. The number of hydrogen-bond acceptors (Lipinski definition) is 6. The summed E-state index contributed by atoms with van der Waals surface area (Å²) in [5.74, 6) is 1.23. The van der Waals surface area contributed by atoms with Crippen LogP contribution in [0.15, 0.2) is 23.1 Å². The number of hydrogen-bond donors (Lipinski definition) is 1. The molecule has 2 fully saturated rings. The molecule has 0 spiro atoms. The molecule has 146 valence electrons. The first-order valence-corrected chi connectivity index (χ1v) is 10.4. The summed E-state index contributed by atoms with van der Waals surface area (Å²) in [7, 11) is -0.750. The SMILES string of the molecule is COc1ccc(OC)c(S(=O)(=O)N[C@@H]2C[C@H]3CO[C@H](C(C)C)CN3C2)c1. The van der Waals surface area contributed by atoms with E-state index in [9.17, 15) is 8.42 Å². The van der Waals surface area contributed by atoms with Gasteiger partial charge in [-0.05, 0) is 24.5 Å². The number of nitrogens with one attached hydrogen (secondary N) is 1. The summed E-state index contributed by atoms with van der Waals surface area (Å²) in [5.41, 5.74) is 0. The molecule has 0 saturated carbocycles. The van der Waals surface area contributed by atoms with Gasteiger partial charge in [-0.15, -0.1) is 0 Å². The molecule has 1 aromatic rings. The highest BCUT2D eigenvalue weighted by atomic mass is 32.2. The number of sulfonamides is 1. The fourth-order valence-corrected chi connectivity index (χ4v) is 5.09. The van der Waals surface area contributed by atoms with E-state index in [0.29, 0.717) is 30.6 Å². The number of methoxy groups -OCH3 is 2. The van der Waals surface area contributed by atoms with Crippen LogP contribution < -0.4 is 14.2 Å². The second-order valence-electron chi connectivity index (χ2n) is 7.29. The van der Waals surface area contributed by atoms with Gasteiger partial charge >= 0.3 is 0 Å². The second kappa shape index (κ2) is 7.72. The van der Waals surface area contributed by atoms with Gasteiger partial charge in [0.25, 0.3) is 0 Å². The quantitative estimate of drug-likeness (QED) is 0.801. The van der Waals surface area contributed by atoms with Crippen molar-refractivity contribution in [2.24, 2.45) is 5.92 Å². The molecule has 2 heterocycles. The molecular weight excluding hydrogens is 356 g/mol. The minimum Gasteiger partial charge on any atom is -0.497 e. The summed E-state index contributed by atoms with van der Waals surface area (Å²) in [4.78, 5) is 2.44. The van der Waals surface area contributed by atoms with E-state index in [1.165, 1.54) is 20.3 Å². The van der Waals surface area contributed by atoms with Crippen molar-refractivity contribution in [3.05, 3.63) is 18.2 Å². The highest BCUT2D eigenvalue weighted by Gasteiger charge is 2.39. The Hall–Kier alpha value is -1.35. The molecule has 26 heavy (non-hydrogen) atoms. The zero-order chi connectivity index (χ0) is 18.9. The van der Waals surface area contributed by atoms with Crippen LogP contribution in [0.3, 0.4) is 0 Å². The van der Waals surface area contributed by atoms with E-state index in [1.54, 1.807) is 12.1 Å². The van der Waals surface area contributed by atoms with Crippen LogP contribution in [0.4, 0.5) is 0 Å². The Balaban J connectivity index is 1.73. The molecule has 1 aromatic carbocycles. The van der Waals surface area contributed by atoms with Crippen LogP contribution in [0.25, 0.3) is 0 Å². The first kappa shape index (κ1) is 19.4. The van der Waals surface area contributed by atoms with E-state index >= 15 is 0 Å². The van der Waals surface area contributed by atoms with E-state index in [4.69, 9.17) is 14.2 Å². The number of morpholine rings is 1. The largest absolute Gasteiger partial charge is 0.497 e. The number of fused-ring (bicyclic) bond motifs is 1. The van der Waals surface area contributed by atoms with Gasteiger partial charge in [-0.3, -0.25) is 4.90 Å². The molecule has 2 saturated heterocycles. The van der Waals surface area contributed by atoms with Gasteiger partial charge in [-0.2, -0.15) is 0 Å². The monoisotopic (exact) mass is 384 g/mol. The summed E-state index contributed by atoms with van der Waals surface area (Å²) in [6, 6.07) is 4.89. The zero-order valence-electron chi connectivity index (χ0n) is 15.8. The van der Waals surface area contributed by atoms with E-state index < -0.39 is 10.0 Å². The summed E-state index contributed by atoms with van der Waals surface area (Å²) in [6.07, 6.45) is 0.955. The standard InChI is InChI=1S/C18H28N2O5S/c1-12(2)17-10-20-9-13(7-14(20)11-25-17)19-26(21,22)18-8-15(23-3)5-6-16(18)24-4/h5-6,8,12-14,17,19H,7,9-11H2,1-4H3/t13-,14+,17+/m1/s1. The van der Waals surface area contributed by atoms with E-state index in [0.717, 1.165) is 13.0 Å². The van der Waals surface area contributed by atoms with Gasteiger partial charge in [-0.1, -0.05) is 13.8 Å². The third kappa shape index (κ3) is 3.98. The number of rotatable bonds is 6. The topological polar surface area (TPSA) is 77.1 Å². The summed E-state index contributed by atoms with van der Waals surface area (Å²) < 4.78 is 45.0. The van der Waals surface area contributed by atoms with E-state index in [-0.39, 0.29) is 23.1 Å². The fraction of sp³-hybridized carbons (Fsp3) is 0.667. The number of nitrogens with zero attached hydrogens (tertiary/aromatic N) is 1. The predicted molar refractivity (Wildman–Crippen MR) is 98.2 cm³/mol. The lowest BCUT2D eigenvalue weighted by molar-refractivity contribution is -0.0683. The Bertz CT molecular complexity index is 737. The smallest absolute Gasteiger partial charge is 0.244 e. The molecule has 0 aliphatic carbocycles. The van der Waals surface area contributed by atoms with Gasteiger partial charge < -0.3 is 14.2 Å². The molecule has 0 radical (unpaired) electrons. The van der Waals surface area contributed by atoms with Gasteiger partial charge in [-0.25, -0.2) is 13.1 Å². The van der Waals surface area contributed by atoms with Gasteiger partial charge in [0.15, 0.2) is 0 Å². The van der Waals surface area contributed by atoms with Gasteiger partial charge in [0.1, 0.15) is 16.4 Å². The maximum Gasteiger partial charge on any atom is 0.244 e. The Labute approximate surface area is 155 Å². The molecule has 7 nitrogen and oxygen atoms in total. The van der Waals surface area contributed by atoms with Crippen LogP contribution in [0.2, 0.25) is 0 Å². The third-order valence-electron chi connectivity index (χ3n) is 5.17. The molecule has 0 amide bonds. The van der Waals surface area contributed by atoms with E-state index in [2.05, 4.69) is 23.5 Å². The Morgan fingerprint density at radius 2 is 2.00 bits per heavy atom. The van der Waals surface area contributed by atoms with Crippen molar-refractivity contribution in [3.63, 3.8) is 0 Å². The van der Waals surface area contributed by atoms with E-state index in [1.807, 2.05) is 0 Å². The molecule has 2 aliphatic rings. The molecule has 3 atom stereocenters. The lowest BCUT2D eigenvalue weighted by Gasteiger charge is -2.36. The van der Waals surface area contributed by atoms with Gasteiger partial charge in [0, 0.05) is 31.2 Å². The average molecular weight is 384 g/mol. The Morgan fingerprint density at radius 3 is 2.65 bits per heavy atom. The van der Waals surface area contributed by atoms with Crippen LogP contribution in [-0.4, -0.2) is 65.4 Å². The lowest BCUT2D eigenvalue weighted by Crippen LogP contribution is -2.48. The molecule has 2 aliphatic heterocycles. The van der Waals surface area contributed by atoms with Crippen molar-refractivity contribution in [2.45, 2.75) is 43.4 Å². The first-order chi connectivity index (χ1) is 12.3. The molecule has 3 rings (SSSR count). The Morgan fingerprint density at radius 1 is 1.23 bits per heavy atom. The van der Waals surface area contributed by atoms with Crippen LogP contribution in [-0.2, 0) is 14.8 Å². The zero-order valence-corrected chi connectivity index (χ0v) is 16.6. The Kier molecular flexibility index (Phi) is 5.76. The van der Waals surface area contributed by atoms with Crippen molar-refractivity contribution >= 4 is 10.0 Å². The molecule has 0 unspecified atom stereocenters. The molecule has 0 aromatic heterocycles. The lowest BCUT2D eigenvalue weighted by atomic mass is 10.0. The summed E-state index contributed by atoms with van der Waals surface area (Å²) in [5, 5.41) is 0. The van der Waals surface area contributed by atoms with Crippen molar-refractivity contribution < 1.29 is 22.6 Å². The minimum absolute atomic E-state index is 0.0977. The molecular formula is C18H28N2O5S. The minimum atomic E-state index is -3.71. The van der Waals surface area contributed by atoms with Crippen LogP contribution in [0.5, 0.6) is 11.5 Å². The number of benzene rings is 1. The summed E-state index contributed by atoms with van der Waals surface area (Å²) >= 11 is 0. The van der Waals surface area contributed by atoms with Crippen molar-refractivity contribution in [1.29, 1.82) is 0 Å². The van der Waals surface area contributed by atoms with Crippen LogP contribution in [0.1, 0.15) is 20.3 Å². The average Bonchev–Trinajstić information content (AvgIpc) is 3.01. The molecule has 8 heteroatoms. The molecule has 1 N–H and O–H groups in total. The van der Waals surface area contributed by atoms with Gasteiger partial charge in [0.2, 0.25) is 10.0 Å². The first-order valence-electron chi connectivity index (χ1n) is 8.94. The fourth-order valence-electron chi connectivity index (χ4n) is 3.67. The van der Waals surface area contributed by atoms with Crippen molar-refractivity contribution in [1.82, 2.24) is 9.62 Å². The van der Waals surface area contributed by atoms with Gasteiger partial charge in [0.05, 0.1) is 26.9 Å². The maximum atomic E-state index is 12.9. The predicted octanol–water partition coefficient (Wildman–Crippen LogP) is 1.48. The third-order valence-corrected chi connectivity index (χ3v) is 6.71. The highest BCUT2D eigenvalue weighted by Crippen LogP contribution is 2.30. The number of ether oxygens (including phenoxy) is 3. The van der Waals surface area contributed by atoms with Crippen LogP contribution >= 0.6 is 0 Å². The highest BCUT2D eigenvalue weighted by molar-refractivity contribution is 7.89. The maximum absolute atomic E-state index is 12.9. The molecule has 0 bridgehead atoms. The van der Waals surface area contributed by atoms with Crippen LogP contribution in [0, 0.1) is 5.92 Å². The second-order valence-corrected chi connectivity index (χ2v) is 8.98. The normalized spacial score (nSPS) is 26.7. The van der Waals surface area contributed by atoms with Crippen molar-refractivity contribution in [2.75, 3.05) is 33.9 Å². The van der Waals surface area contributed by atoms with Crippen molar-refractivity contribution in [3.8, 4) is 11.5 Å².